The third-order valence-corrected chi connectivity index (χ3v) is 4.06. The van der Waals surface area contributed by atoms with Crippen LogP contribution in [-0.2, 0) is 0 Å². The lowest BCUT2D eigenvalue weighted by Crippen LogP contribution is -2.40. The first kappa shape index (κ1) is 12.7. The molecule has 5 nitrogen and oxygen atoms in total. The zero-order valence-corrected chi connectivity index (χ0v) is 11.4. The van der Waals surface area contributed by atoms with E-state index in [1.54, 1.807) is 6.07 Å². The maximum absolute atomic E-state index is 12.0. The summed E-state index contributed by atoms with van der Waals surface area (Å²) in [6.07, 6.45) is 4.85. The van der Waals surface area contributed by atoms with Crippen molar-refractivity contribution in [3.8, 4) is 0 Å². The van der Waals surface area contributed by atoms with Gasteiger partial charge in [0.05, 0.1) is 0 Å². The molecule has 1 saturated carbocycles. The summed E-state index contributed by atoms with van der Waals surface area (Å²) in [6, 6.07) is 2.18. The fourth-order valence-corrected chi connectivity index (χ4v) is 2.60. The van der Waals surface area contributed by atoms with E-state index in [4.69, 9.17) is 4.52 Å². The van der Waals surface area contributed by atoms with Crippen LogP contribution in [0.2, 0.25) is 0 Å². The van der Waals surface area contributed by atoms with E-state index >= 15 is 0 Å². The number of hydrogen-bond acceptors (Lipinski definition) is 4. The summed E-state index contributed by atoms with van der Waals surface area (Å²) >= 11 is 0. The first-order valence-electron chi connectivity index (χ1n) is 7.23. The number of amides is 1. The Balaban J connectivity index is 1.49. The molecule has 1 aromatic rings. The molecule has 0 spiro atoms. The van der Waals surface area contributed by atoms with Gasteiger partial charge in [0.1, 0.15) is 5.76 Å². The molecule has 0 aromatic carbocycles. The van der Waals surface area contributed by atoms with Crippen LogP contribution >= 0.6 is 0 Å². The van der Waals surface area contributed by atoms with Gasteiger partial charge in [0.2, 0.25) is 0 Å². The second-order valence-electron chi connectivity index (χ2n) is 5.69. The summed E-state index contributed by atoms with van der Waals surface area (Å²) in [6.45, 7) is 5.12. The van der Waals surface area contributed by atoms with Crippen LogP contribution in [0.25, 0.3) is 0 Å². The number of nitrogens with zero attached hydrogens (tertiary/aromatic N) is 2. The lowest BCUT2D eigenvalue weighted by atomic mass is 10.2. The fourth-order valence-electron chi connectivity index (χ4n) is 2.60. The highest BCUT2D eigenvalue weighted by molar-refractivity contribution is 5.92. The molecule has 5 heteroatoms. The van der Waals surface area contributed by atoms with Gasteiger partial charge in [-0.2, -0.15) is 0 Å². The van der Waals surface area contributed by atoms with Crippen LogP contribution in [-0.4, -0.2) is 41.6 Å². The van der Waals surface area contributed by atoms with Crippen molar-refractivity contribution < 1.29 is 9.32 Å². The molecule has 2 fully saturated rings. The van der Waals surface area contributed by atoms with Crippen LogP contribution in [0.15, 0.2) is 10.6 Å². The number of likely N-dealkylation sites (tertiary alicyclic amines) is 1. The SMILES string of the molecule is C[C@H](CNC(=O)c1cc(C2CC2)on1)N1CCCC1. The first-order chi connectivity index (χ1) is 9.24. The molecule has 0 unspecified atom stereocenters. The number of rotatable bonds is 5. The minimum Gasteiger partial charge on any atom is -0.360 e. The summed E-state index contributed by atoms with van der Waals surface area (Å²) in [5, 5.41) is 6.80. The molecule has 104 valence electrons. The Morgan fingerprint density at radius 2 is 2.26 bits per heavy atom. The second-order valence-corrected chi connectivity index (χ2v) is 5.69. The van der Waals surface area contributed by atoms with E-state index in [0.717, 1.165) is 31.7 Å². The molecule has 0 radical (unpaired) electrons. The van der Waals surface area contributed by atoms with E-state index in [1.807, 2.05) is 0 Å². The van der Waals surface area contributed by atoms with Crippen molar-refractivity contribution in [2.45, 2.75) is 44.6 Å². The molecule has 1 amide bonds. The van der Waals surface area contributed by atoms with Gasteiger partial charge in [-0.1, -0.05) is 5.16 Å². The molecule has 2 aliphatic rings. The molecular formula is C14H21N3O2. The van der Waals surface area contributed by atoms with Crippen molar-refractivity contribution in [3.05, 3.63) is 17.5 Å². The average Bonchev–Trinajstić information content (AvgIpc) is 2.96. The second kappa shape index (κ2) is 5.33. The number of carbonyl (C=O) groups excluding carboxylic acids is 1. The van der Waals surface area contributed by atoms with E-state index in [9.17, 15) is 4.79 Å². The Labute approximate surface area is 113 Å². The van der Waals surface area contributed by atoms with Gasteiger partial charge in [0.15, 0.2) is 5.69 Å². The number of hydrogen-bond donors (Lipinski definition) is 1. The maximum atomic E-state index is 12.0. The van der Waals surface area contributed by atoms with E-state index in [0.29, 0.717) is 24.2 Å². The van der Waals surface area contributed by atoms with Gasteiger partial charge < -0.3 is 9.84 Å². The van der Waals surface area contributed by atoms with Gasteiger partial charge in [0.25, 0.3) is 5.91 Å². The fraction of sp³-hybridized carbons (Fsp3) is 0.714. The van der Waals surface area contributed by atoms with E-state index in [-0.39, 0.29) is 5.91 Å². The summed E-state index contributed by atoms with van der Waals surface area (Å²) < 4.78 is 5.20. The molecule has 2 heterocycles. The average molecular weight is 263 g/mol. The zero-order valence-electron chi connectivity index (χ0n) is 11.4. The summed E-state index contributed by atoms with van der Waals surface area (Å²) in [4.78, 5) is 14.4. The molecular weight excluding hydrogens is 242 g/mol. The Morgan fingerprint density at radius 1 is 1.53 bits per heavy atom. The number of carbonyl (C=O) groups is 1. The van der Waals surface area contributed by atoms with Crippen LogP contribution in [0.4, 0.5) is 0 Å². The van der Waals surface area contributed by atoms with Crippen molar-refractivity contribution in [1.82, 2.24) is 15.4 Å². The first-order valence-corrected chi connectivity index (χ1v) is 7.23. The zero-order chi connectivity index (χ0) is 13.2. The lowest BCUT2D eigenvalue weighted by molar-refractivity contribution is 0.0931. The van der Waals surface area contributed by atoms with Gasteiger partial charge >= 0.3 is 0 Å². The van der Waals surface area contributed by atoms with Crippen molar-refractivity contribution in [2.24, 2.45) is 0 Å². The summed E-state index contributed by atoms with van der Waals surface area (Å²) in [7, 11) is 0. The van der Waals surface area contributed by atoms with Gasteiger partial charge in [-0.15, -0.1) is 0 Å². The van der Waals surface area contributed by atoms with E-state index in [1.165, 1.54) is 12.8 Å². The molecule has 1 aliphatic heterocycles. The van der Waals surface area contributed by atoms with Gasteiger partial charge in [-0.05, 0) is 45.7 Å². The standard InChI is InChI=1S/C14H21N3O2/c1-10(17-6-2-3-7-17)9-15-14(18)12-8-13(19-16-12)11-4-5-11/h8,10-11H,2-7,9H2,1H3,(H,15,18)/t10-/m1/s1. The Bertz CT molecular complexity index is 447. The van der Waals surface area contributed by atoms with Crippen LogP contribution in [0.5, 0.6) is 0 Å². The molecule has 0 bridgehead atoms. The van der Waals surface area contributed by atoms with Crippen molar-refractivity contribution in [3.63, 3.8) is 0 Å². The van der Waals surface area contributed by atoms with Crippen LogP contribution < -0.4 is 5.32 Å². The highest BCUT2D eigenvalue weighted by Gasteiger charge is 2.29. The van der Waals surface area contributed by atoms with E-state index < -0.39 is 0 Å². The van der Waals surface area contributed by atoms with Crippen LogP contribution in [0.1, 0.15) is 54.8 Å². The third kappa shape index (κ3) is 2.97. The summed E-state index contributed by atoms with van der Waals surface area (Å²) in [5.41, 5.74) is 0.413. The molecule has 1 aliphatic carbocycles. The number of aromatic nitrogens is 1. The third-order valence-electron chi connectivity index (χ3n) is 4.06. The van der Waals surface area contributed by atoms with Crippen molar-refractivity contribution >= 4 is 5.91 Å². The Morgan fingerprint density at radius 3 is 2.95 bits per heavy atom. The minimum atomic E-state index is -0.123. The minimum absolute atomic E-state index is 0.123. The largest absolute Gasteiger partial charge is 0.360 e. The van der Waals surface area contributed by atoms with Crippen molar-refractivity contribution in [1.29, 1.82) is 0 Å². The molecule has 1 saturated heterocycles. The quantitative estimate of drug-likeness (QED) is 0.879. The predicted molar refractivity (Wildman–Crippen MR) is 71.1 cm³/mol. The van der Waals surface area contributed by atoms with Crippen LogP contribution in [0.3, 0.4) is 0 Å². The Kier molecular flexibility index (Phi) is 3.55. The normalized spacial score (nSPS) is 21.5. The molecule has 1 aromatic heterocycles. The van der Waals surface area contributed by atoms with Crippen LogP contribution in [0, 0.1) is 0 Å². The molecule has 1 atom stereocenters. The maximum Gasteiger partial charge on any atom is 0.273 e. The molecule has 19 heavy (non-hydrogen) atoms. The predicted octanol–water partition coefficient (Wildman–Crippen LogP) is 1.77. The Hall–Kier alpha value is -1.36. The molecule has 3 rings (SSSR count). The smallest absolute Gasteiger partial charge is 0.273 e. The topological polar surface area (TPSA) is 58.4 Å². The highest BCUT2D eigenvalue weighted by Crippen LogP contribution is 2.40. The molecule has 1 N–H and O–H groups in total. The van der Waals surface area contributed by atoms with E-state index in [2.05, 4.69) is 22.3 Å². The van der Waals surface area contributed by atoms with Gasteiger partial charge in [0, 0.05) is 24.6 Å². The summed E-state index contributed by atoms with van der Waals surface area (Å²) in [5.74, 6) is 1.23. The highest BCUT2D eigenvalue weighted by atomic mass is 16.5. The monoisotopic (exact) mass is 263 g/mol. The van der Waals surface area contributed by atoms with Gasteiger partial charge in [-0.25, -0.2) is 0 Å². The van der Waals surface area contributed by atoms with Crippen molar-refractivity contribution in [2.75, 3.05) is 19.6 Å². The lowest BCUT2D eigenvalue weighted by Gasteiger charge is -2.23. The number of nitrogens with one attached hydrogen (secondary N) is 1. The van der Waals surface area contributed by atoms with Gasteiger partial charge in [-0.3, -0.25) is 9.69 Å².